The van der Waals surface area contributed by atoms with E-state index in [-0.39, 0.29) is 17.7 Å². The SMILES string of the molecule is O=C(Nc1ccc2c(c1)CCCN2C(=O)c1cccnc1)C1CCCCC1. The Kier molecular flexibility index (Phi) is 5.19. The quantitative estimate of drug-likeness (QED) is 0.889. The van der Waals surface area contributed by atoms with Gasteiger partial charge in [0, 0.05) is 36.2 Å². The molecule has 1 saturated carbocycles. The Morgan fingerprint density at radius 3 is 2.70 bits per heavy atom. The predicted molar refractivity (Wildman–Crippen MR) is 106 cm³/mol. The molecule has 5 nitrogen and oxygen atoms in total. The first-order valence-electron chi connectivity index (χ1n) is 9.88. The fraction of sp³-hybridized carbons (Fsp3) is 0.409. The van der Waals surface area contributed by atoms with Crippen molar-refractivity contribution < 1.29 is 9.59 Å². The zero-order chi connectivity index (χ0) is 18.6. The number of carbonyl (C=O) groups is 2. The van der Waals surface area contributed by atoms with Gasteiger partial charge in [-0.2, -0.15) is 0 Å². The summed E-state index contributed by atoms with van der Waals surface area (Å²) in [7, 11) is 0. The van der Waals surface area contributed by atoms with E-state index < -0.39 is 0 Å². The second-order valence-electron chi connectivity index (χ2n) is 7.47. The van der Waals surface area contributed by atoms with Gasteiger partial charge < -0.3 is 10.2 Å². The molecule has 4 rings (SSSR count). The third-order valence-corrected chi connectivity index (χ3v) is 5.60. The van der Waals surface area contributed by atoms with Crippen molar-refractivity contribution in [3.63, 3.8) is 0 Å². The molecule has 0 atom stereocenters. The number of nitrogens with one attached hydrogen (secondary N) is 1. The van der Waals surface area contributed by atoms with Gasteiger partial charge in [0.1, 0.15) is 0 Å². The fourth-order valence-corrected chi connectivity index (χ4v) is 4.14. The van der Waals surface area contributed by atoms with E-state index in [4.69, 9.17) is 0 Å². The van der Waals surface area contributed by atoms with Crippen molar-refractivity contribution in [2.24, 2.45) is 5.92 Å². The topological polar surface area (TPSA) is 62.3 Å². The Morgan fingerprint density at radius 2 is 1.93 bits per heavy atom. The summed E-state index contributed by atoms with van der Waals surface area (Å²) in [4.78, 5) is 31.2. The van der Waals surface area contributed by atoms with Crippen molar-refractivity contribution in [1.82, 2.24) is 4.98 Å². The van der Waals surface area contributed by atoms with Crippen LogP contribution in [-0.2, 0) is 11.2 Å². The molecule has 1 N–H and O–H groups in total. The number of fused-ring (bicyclic) bond motifs is 1. The van der Waals surface area contributed by atoms with Crippen molar-refractivity contribution >= 4 is 23.2 Å². The molecule has 2 aliphatic rings. The van der Waals surface area contributed by atoms with Gasteiger partial charge in [-0.15, -0.1) is 0 Å². The van der Waals surface area contributed by atoms with Gasteiger partial charge >= 0.3 is 0 Å². The van der Waals surface area contributed by atoms with Crippen LogP contribution in [0.15, 0.2) is 42.7 Å². The zero-order valence-corrected chi connectivity index (χ0v) is 15.5. The summed E-state index contributed by atoms with van der Waals surface area (Å²) in [5.41, 5.74) is 3.48. The number of anilines is 2. The average molecular weight is 363 g/mol. The average Bonchev–Trinajstić information content (AvgIpc) is 2.74. The summed E-state index contributed by atoms with van der Waals surface area (Å²) in [5, 5.41) is 3.09. The van der Waals surface area contributed by atoms with Crippen LogP contribution in [0.2, 0.25) is 0 Å². The molecular formula is C22H25N3O2. The van der Waals surface area contributed by atoms with Gasteiger partial charge in [-0.1, -0.05) is 19.3 Å². The first-order valence-corrected chi connectivity index (χ1v) is 9.88. The highest BCUT2D eigenvalue weighted by atomic mass is 16.2. The molecule has 2 amide bonds. The second-order valence-corrected chi connectivity index (χ2v) is 7.47. The fourth-order valence-electron chi connectivity index (χ4n) is 4.14. The van der Waals surface area contributed by atoms with Gasteiger partial charge in [0.2, 0.25) is 5.91 Å². The third-order valence-electron chi connectivity index (χ3n) is 5.60. The minimum absolute atomic E-state index is 0.0250. The van der Waals surface area contributed by atoms with Gasteiger partial charge in [0.15, 0.2) is 0 Å². The molecule has 27 heavy (non-hydrogen) atoms. The molecule has 140 valence electrons. The Labute approximate surface area is 159 Å². The van der Waals surface area contributed by atoms with Crippen molar-refractivity contribution in [2.45, 2.75) is 44.9 Å². The zero-order valence-electron chi connectivity index (χ0n) is 15.5. The number of aromatic nitrogens is 1. The molecule has 1 fully saturated rings. The normalized spacial score (nSPS) is 17.3. The number of benzene rings is 1. The molecule has 1 aromatic carbocycles. The lowest BCUT2D eigenvalue weighted by Gasteiger charge is -2.30. The maximum absolute atomic E-state index is 12.8. The molecule has 1 aromatic heterocycles. The predicted octanol–water partition coefficient (Wildman–Crippen LogP) is 4.19. The minimum atomic E-state index is -0.0250. The molecule has 0 spiro atoms. The van der Waals surface area contributed by atoms with Crippen LogP contribution in [0.1, 0.15) is 54.4 Å². The lowest BCUT2D eigenvalue weighted by Crippen LogP contribution is -2.35. The largest absolute Gasteiger partial charge is 0.326 e. The van der Waals surface area contributed by atoms with Crippen molar-refractivity contribution in [2.75, 3.05) is 16.8 Å². The lowest BCUT2D eigenvalue weighted by molar-refractivity contribution is -0.120. The van der Waals surface area contributed by atoms with Gasteiger partial charge in [-0.25, -0.2) is 0 Å². The Hall–Kier alpha value is -2.69. The molecule has 1 aliphatic carbocycles. The lowest BCUT2D eigenvalue weighted by atomic mass is 9.88. The highest BCUT2D eigenvalue weighted by Crippen LogP contribution is 2.31. The maximum Gasteiger partial charge on any atom is 0.259 e. The summed E-state index contributed by atoms with van der Waals surface area (Å²) >= 11 is 0. The second kappa shape index (κ2) is 7.91. The first-order chi connectivity index (χ1) is 13.2. The Morgan fingerprint density at radius 1 is 1.07 bits per heavy atom. The van der Waals surface area contributed by atoms with E-state index >= 15 is 0 Å². The van der Waals surface area contributed by atoms with Gasteiger partial charge in [-0.05, 0) is 61.6 Å². The van der Waals surface area contributed by atoms with Gasteiger partial charge in [0.05, 0.1) is 5.56 Å². The third kappa shape index (κ3) is 3.87. The van der Waals surface area contributed by atoms with E-state index in [0.29, 0.717) is 12.1 Å². The van der Waals surface area contributed by atoms with E-state index in [0.717, 1.165) is 55.5 Å². The molecule has 2 aromatic rings. The van der Waals surface area contributed by atoms with E-state index in [9.17, 15) is 9.59 Å². The van der Waals surface area contributed by atoms with E-state index in [1.165, 1.54) is 6.42 Å². The summed E-state index contributed by atoms with van der Waals surface area (Å²) in [6.45, 7) is 0.703. The smallest absolute Gasteiger partial charge is 0.259 e. The standard InChI is InChI=1S/C22H25N3O2/c26-21(16-6-2-1-3-7-16)24-19-10-11-20-17(14-19)9-5-13-25(20)22(27)18-8-4-12-23-15-18/h4,8,10-12,14-16H,1-3,5-7,9,13H2,(H,24,26). The summed E-state index contributed by atoms with van der Waals surface area (Å²) < 4.78 is 0. The Balaban J connectivity index is 1.51. The van der Waals surface area contributed by atoms with Crippen LogP contribution < -0.4 is 10.2 Å². The number of carbonyl (C=O) groups excluding carboxylic acids is 2. The van der Waals surface area contributed by atoms with E-state index in [2.05, 4.69) is 10.3 Å². The molecule has 2 heterocycles. The van der Waals surface area contributed by atoms with Crippen molar-refractivity contribution in [3.8, 4) is 0 Å². The molecule has 1 aliphatic heterocycles. The molecule has 0 saturated heterocycles. The van der Waals surface area contributed by atoms with Crippen molar-refractivity contribution in [1.29, 1.82) is 0 Å². The molecule has 0 bridgehead atoms. The molecule has 5 heteroatoms. The van der Waals surface area contributed by atoms with Crippen LogP contribution in [0.5, 0.6) is 0 Å². The monoisotopic (exact) mass is 363 g/mol. The highest BCUT2D eigenvalue weighted by Gasteiger charge is 2.25. The maximum atomic E-state index is 12.8. The van der Waals surface area contributed by atoms with Crippen molar-refractivity contribution in [3.05, 3.63) is 53.9 Å². The number of nitrogens with zero attached hydrogens (tertiary/aromatic N) is 2. The molecule has 0 radical (unpaired) electrons. The highest BCUT2D eigenvalue weighted by molar-refractivity contribution is 6.06. The number of rotatable bonds is 3. The number of hydrogen-bond donors (Lipinski definition) is 1. The summed E-state index contributed by atoms with van der Waals surface area (Å²) in [5.74, 6) is 0.246. The van der Waals surface area contributed by atoms with E-state index in [1.807, 2.05) is 23.1 Å². The Bertz CT molecular complexity index is 829. The molecular weight excluding hydrogens is 338 g/mol. The van der Waals surface area contributed by atoms with Crippen LogP contribution in [0.25, 0.3) is 0 Å². The van der Waals surface area contributed by atoms with E-state index in [1.54, 1.807) is 24.5 Å². The van der Waals surface area contributed by atoms with Crippen LogP contribution in [-0.4, -0.2) is 23.3 Å². The van der Waals surface area contributed by atoms with Crippen LogP contribution in [0.4, 0.5) is 11.4 Å². The number of pyridine rings is 1. The van der Waals surface area contributed by atoms with Gasteiger partial charge in [-0.3, -0.25) is 14.6 Å². The van der Waals surface area contributed by atoms with Gasteiger partial charge in [0.25, 0.3) is 5.91 Å². The summed E-state index contributed by atoms with van der Waals surface area (Å²) in [6, 6.07) is 9.47. The number of aryl methyl sites for hydroxylation is 1. The van der Waals surface area contributed by atoms with Crippen LogP contribution in [0, 0.1) is 5.92 Å². The van der Waals surface area contributed by atoms with Crippen LogP contribution >= 0.6 is 0 Å². The summed E-state index contributed by atoms with van der Waals surface area (Å²) in [6.07, 6.45) is 10.6. The number of amides is 2. The van der Waals surface area contributed by atoms with Crippen LogP contribution in [0.3, 0.4) is 0 Å². The number of hydrogen-bond acceptors (Lipinski definition) is 3. The molecule has 0 unspecified atom stereocenters. The first kappa shape index (κ1) is 17.7. The minimum Gasteiger partial charge on any atom is -0.326 e.